The van der Waals surface area contributed by atoms with Crippen molar-refractivity contribution in [1.82, 2.24) is 4.98 Å². The second-order valence-corrected chi connectivity index (χ2v) is 22.6. The van der Waals surface area contributed by atoms with E-state index in [1.165, 1.54) is 27.8 Å². The number of carbonyl (C=O) groups is 1. The van der Waals surface area contributed by atoms with Gasteiger partial charge in [0.1, 0.15) is 14.2 Å². The average molecular weight is 544 g/mol. The van der Waals surface area contributed by atoms with Gasteiger partial charge in [-0.15, -0.1) is 0 Å². The number of ether oxygens (including phenoxy) is 1. The van der Waals surface area contributed by atoms with Crippen molar-refractivity contribution in [1.29, 1.82) is 0 Å². The van der Waals surface area contributed by atoms with Gasteiger partial charge in [0.2, 0.25) is 0 Å². The van der Waals surface area contributed by atoms with Crippen molar-refractivity contribution in [3.8, 4) is 0 Å². The van der Waals surface area contributed by atoms with Crippen molar-refractivity contribution < 1.29 is 9.53 Å². The number of benzene rings is 2. The molecule has 3 atom stereocenters. The predicted molar refractivity (Wildman–Crippen MR) is 167 cm³/mol. The largest absolute Gasteiger partial charge is 0.458 e. The van der Waals surface area contributed by atoms with E-state index in [0.717, 1.165) is 18.4 Å². The van der Waals surface area contributed by atoms with Gasteiger partial charge in [-0.2, -0.15) is 0 Å². The highest BCUT2D eigenvalue weighted by molar-refractivity contribution is 7.07. The lowest BCUT2D eigenvalue weighted by Gasteiger charge is -2.36. The van der Waals surface area contributed by atoms with Gasteiger partial charge in [-0.05, 0) is 59.5 Å². The van der Waals surface area contributed by atoms with Crippen LogP contribution in [0.15, 0.2) is 66.5 Å². The minimum Gasteiger partial charge on any atom is -0.458 e. The quantitative estimate of drug-likeness (QED) is 0.222. The molecular formula is C33H45NO2Si2. The van der Waals surface area contributed by atoms with Crippen LogP contribution < -0.4 is 5.19 Å². The Morgan fingerprint density at radius 3 is 2.26 bits per heavy atom. The average Bonchev–Trinajstić information content (AvgIpc) is 2.86. The lowest BCUT2D eigenvalue weighted by Crippen LogP contribution is -2.44. The number of aromatic nitrogens is 1. The highest BCUT2D eigenvalue weighted by Crippen LogP contribution is 2.36. The third kappa shape index (κ3) is 6.37. The topological polar surface area (TPSA) is 39.2 Å². The fraction of sp³-hybridized carbons (Fsp3) is 0.455. The molecule has 1 saturated carbocycles. The monoisotopic (exact) mass is 543 g/mol. The predicted octanol–water partition coefficient (Wildman–Crippen LogP) is 8.27. The minimum atomic E-state index is -2.12. The highest BCUT2D eigenvalue weighted by atomic mass is 28.3. The van der Waals surface area contributed by atoms with Crippen LogP contribution in [0.1, 0.15) is 56.0 Å². The lowest BCUT2D eigenvalue weighted by atomic mass is 9.75. The van der Waals surface area contributed by atoms with Crippen molar-refractivity contribution in [3.05, 3.63) is 77.6 Å². The summed E-state index contributed by atoms with van der Waals surface area (Å²) in [6.45, 7) is 18.8. The molecule has 3 nitrogen and oxygen atoms in total. The molecule has 0 saturated heterocycles. The molecule has 1 aliphatic rings. The highest BCUT2D eigenvalue weighted by Gasteiger charge is 2.35. The lowest BCUT2D eigenvalue weighted by molar-refractivity contribution is -0.0174. The number of para-hydroxylation sites is 1. The van der Waals surface area contributed by atoms with Gasteiger partial charge in [0.15, 0.2) is 0 Å². The van der Waals surface area contributed by atoms with Crippen molar-refractivity contribution in [2.75, 3.05) is 0 Å². The molecular weight excluding hydrogens is 499 g/mol. The molecule has 0 spiro atoms. The van der Waals surface area contributed by atoms with E-state index in [1.807, 2.05) is 24.4 Å². The van der Waals surface area contributed by atoms with Crippen LogP contribution in [0.5, 0.6) is 0 Å². The Bertz CT molecular complexity index is 1300. The first-order valence-electron chi connectivity index (χ1n) is 14.3. The number of pyridine rings is 1. The summed E-state index contributed by atoms with van der Waals surface area (Å²) in [5, 5.41) is 3.97. The Balaban J connectivity index is 1.66. The van der Waals surface area contributed by atoms with Crippen molar-refractivity contribution >= 4 is 43.4 Å². The van der Waals surface area contributed by atoms with Gasteiger partial charge in [-0.1, -0.05) is 107 Å². The summed E-state index contributed by atoms with van der Waals surface area (Å²) in [5.41, 5.74) is 5.52. The van der Waals surface area contributed by atoms with Crippen LogP contribution >= 0.6 is 0 Å². The van der Waals surface area contributed by atoms with Crippen molar-refractivity contribution in [2.45, 2.75) is 78.9 Å². The standard InChI is InChI=1S/C33H45NO2Si2/c1-23(2)28-19-14-24(3)21-29(28)36-33(35)27-17-15-25(16-18-27)31(22-37(4,5)6)38(7,8)30-13-9-11-26-12-10-20-34-32(26)30/h9-13,15-18,20,22-24,28-29H,14,19,21H2,1-8H3/b31-22+/t24-,28+,29-/m0/s1. The van der Waals surface area contributed by atoms with Crippen molar-refractivity contribution in [2.24, 2.45) is 17.8 Å². The third-order valence-electron chi connectivity index (χ3n) is 8.21. The van der Waals surface area contributed by atoms with Gasteiger partial charge >= 0.3 is 5.97 Å². The molecule has 2 aromatic carbocycles. The summed E-state index contributed by atoms with van der Waals surface area (Å²) in [6.07, 6.45) is 5.25. The zero-order valence-corrected chi connectivity index (χ0v) is 26.5. The second-order valence-electron chi connectivity index (χ2n) is 13.3. The smallest absolute Gasteiger partial charge is 0.338 e. The summed E-state index contributed by atoms with van der Waals surface area (Å²) < 4.78 is 6.14. The molecule has 1 fully saturated rings. The Hall–Kier alpha value is -2.51. The van der Waals surface area contributed by atoms with Gasteiger partial charge in [0.25, 0.3) is 0 Å². The molecule has 1 aromatic heterocycles. The summed E-state index contributed by atoms with van der Waals surface area (Å²) in [7, 11) is -3.66. The van der Waals surface area contributed by atoms with Crippen molar-refractivity contribution in [3.63, 3.8) is 0 Å². The van der Waals surface area contributed by atoms with E-state index in [1.54, 1.807) is 0 Å². The first kappa shape index (κ1) is 28.5. The molecule has 0 radical (unpaired) electrons. The zero-order valence-electron chi connectivity index (χ0n) is 24.5. The Morgan fingerprint density at radius 1 is 0.947 bits per heavy atom. The molecule has 202 valence electrons. The number of esters is 1. The van der Waals surface area contributed by atoms with E-state index >= 15 is 0 Å². The summed E-state index contributed by atoms with van der Waals surface area (Å²) >= 11 is 0. The molecule has 0 bridgehead atoms. The van der Waals surface area contributed by atoms with Crippen LogP contribution in [0.4, 0.5) is 0 Å². The fourth-order valence-electron chi connectivity index (χ4n) is 6.05. The van der Waals surface area contributed by atoms with Crippen LogP contribution in [-0.4, -0.2) is 33.2 Å². The van der Waals surface area contributed by atoms with E-state index in [0.29, 0.717) is 23.3 Å². The number of fused-ring (bicyclic) bond motifs is 1. The van der Waals surface area contributed by atoms with Crippen LogP contribution in [-0.2, 0) is 4.74 Å². The number of nitrogens with zero attached hydrogens (tertiary/aromatic N) is 1. The van der Waals surface area contributed by atoms with E-state index in [9.17, 15) is 4.79 Å². The first-order chi connectivity index (χ1) is 17.9. The van der Waals surface area contributed by atoms with Crippen LogP contribution in [0, 0.1) is 17.8 Å². The molecule has 5 heteroatoms. The number of hydrogen-bond acceptors (Lipinski definition) is 3. The molecule has 0 aliphatic heterocycles. The normalized spacial score (nSPS) is 21.1. The molecule has 0 amide bonds. The van der Waals surface area contributed by atoms with Gasteiger partial charge in [-0.3, -0.25) is 4.98 Å². The first-order valence-corrected chi connectivity index (χ1v) is 20.8. The molecule has 3 aromatic rings. The molecule has 4 rings (SSSR count). The van der Waals surface area contributed by atoms with E-state index < -0.39 is 16.1 Å². The Labute approximate surface area is 231 Å². The summed E-state index contributed by atoms with van der Waals surface area (Å²) in [5.74, 6) is 1.39. The maximum atomic E-state index is 13.2. The van der Waals surface area contributed by atoms with Gasteiger partial charge in [0.05, 0.1) is 19.2 Å². The van der Waals surface area contributed by atoms with E-state index in [4.69, 9.17) is 9.72 Å². The number of rotatable bonds is 7. The molecule has 0 N–H and O–H groups in total. The van der Waals surface area contributed by atoms with Crippen LogP contribution in [0.25, 0.3) is 16.1 Å². The molecule has 38 heavy (non-hydrogen) atoms. The summed E-state index contributed by atoms with van der Waals surface area (Å²) in [4.78, 5) is 18.0. The molecule has 1 heterocycles. The number of hydrogen-bond donors (Lipinski definition) is 0. The van der Waals surface area contributed by atoms with Gasteiger partial charge in [-0.25, -0.2) is 4.79 Å². The Kier molecular flexibility index (Phi) is 8.48. The van der Waals surface area contributed by atoms with Gasteiger partial charge < -0.3 is 4.74 Å². The minimum absolute atomic E-state index is 0.0125. The van der Waals surface area contributed by atoms with E-state index in [2.05, 4.69) is 95.6 Å². The molecule has 1 aliphatic carbocycles. The Morgan fingerprint density at radius 2 is 1.61 bits per heavy atom. The summed E-state index contributed by atoms with van der Waals surface area (Å²) in [6, 6.07) is 19.0. The van der Waals surface area contributed by atoms with E-state index in [-0.39, 0.29) is 12.1 Å². The maximum absolute atomic E-state index is 13.2. The second kappa shape index (κ2) is 11.3. The third-order valence-corrected chi connectivity index (χ3v) is 13.2. The van der Waals surface area contributed by atoms with Crippen LogP contribution in [0.2, 0.25) is 32.7 Å². The fourth-order valence-corrected chi connectivity index (χ4v) is 12.3. The molecule has 0 unspecified atom stereocenters. The SMILES string of the molecule is CC(C)[C@H]1CC[C@H](C)C[C@@H]1OC(=O)c1ccc(/C(=C\[Si](C)(C)C)[Si](C)(C)c2cccc3cccnc23)cc1. The maximum Gasteiger partial charge on any atom is 0.338 e. The zero-order chi connectivity index (χ0) is 27.7. The number of carbonyl (C=O) groups excluding carboxylic acids is 1. The van der Waals surface area contributed by atoms with Gasteiger partial charge in [0, 0.05) is 11.6 Å². The van der Waals surface area contributed by atoms with Crippen LogP contribution in [0.3, 0.4) is 0 Å².